The van der Waals surface area contributed by atoms with Gasteiger partial charge in [-0.2, -0.15) is 13.2 Å². The van der Waals surface area contributed by atoms with Crippen LogP contribution >= 0.6 is 11.3 Å². The number of carbonyl (C=O) groups is 3. The minimum Gasteiger partial charge on any atom is -0.386 e. The van der Waals surface area contributed by atoms with E-state index in [1.165, 1.54) is 26.5 Å². The second-order valence-corrected chi connectivity index (χ2v) is 19.3. The highest BCUT2D eigenvalue weighted by Crippen LogP contribution is 2.52. The van der Waals surface area contributed by atoms with Crippen LogP contribution in [-0.4, -0.2) is 85.5 Å². The Balaban J connectivity index is 0.826. The number of nitrogens with one attached hydrogen (secondary N) is 2. The average Bonchev–Trinajstić information content (AvgIpc) is 3.73. The van der Waals surface area contributed by atoms with Gasteiger partial charge in [0.15, 0.2) is 0 Å². The molecule has 63 heavy (non-hydrogen) atoms. The number of anilines is 2. The van der Waals surface area contributed by atoms with Crippen LogP contribution in [0.15, 0.2) is 53.3 Å². The number of aryl methyl sites for hydroxylation is 1. The van der Waals surface area contributed by atoms with Crippen LogP contribution in [0.1, 0.15) is 97.5 Å². The number of aromatic nitrogens is 4. The van der Waals surface area contributed by atoms with E-state index in [1.807, 2.05) is 15.9 Å². The number of benzene rings is 2. The lowest BCUT2D eigenvalue weighted by atomic mass is 9.68. The van der Waals surface area contributed by atoms with Crippen molar-refractivity contribution < 1.29 is 41.4 Å². The van der Waals surface area contributed by atoms with Gasteiger partial charge in [-0.15, -0.1) is 11.3 Å². The molecule has 5 aromatic rings. The highest BCUT2D eigenvalue weighted by atomic mass is 32.1. The van der Waals surface area contributed by atoms with Gasteiger partial charge in [0.1, 0.15) is 17.4 Å². The molecular weight excluding hydrogens is 848 g/mol. The van der Waals surface area contributed by atoms with Gasteiger partial charge in [-0.25, -0.2) is 23.5 Å². The second kappa shape index (κ2) is 15.5. The Labute approximate surface area is 362 Å². The van der Waals surface area contributed by atoms with Crippen molar-refractivity contribution >= 4 is 61.7 Å². The number of imidazole rings is 1. The summed E-state index contributed by atoms with van der Waals surface area (Å²) in [7, 11) is 1.61. The molecule has 2 aromatic carbocycles. The number of fused-ring (bicyclic) bond motifs is 2. The van der Waals surface area contributed by atoms with Crippen molar-refractivity contribution in [3.8, 4) is 0 Å². The fourth-order valence-electron chi connectivity index (χ4n) is 10.0. The maximum absolute atomic E-state index is 16.2. The van der Waals surface area contributed by atoms with Gasteiger partial charge in [0, 0.05) is 50.3 Å². The monoisotopic (exact) mass is 894 g/mol. The SMILES string of the molecule is Cn1c(=O)n(C2CCC(=O)NC2=O)c2cccc(N3CC4(CCN(CC5CCC(c6nc7cc(C(C)(C)O)c(NC(=O)c8cccc(C(F)(F)F)n8)cc7s6)CC5)CC4(F)F)C3)c21. The van der Waals surface area contributed by atoms with Gasteiger partial charge < -0.3 is 15.3 Å². The van der Waals surface area contributed by atoms with E-state index >= 15 is 8.78 Å². The Morgan fingerprint density at radius 2 is 1.71 bits per heavy atom. The van der Waals surface area contributed by atoms with Crippen LogP contribution < -0.4 is 21.2 Å². The number of alkyl halides is 5. The number of likely N-dealkylation sites (tertiary alicyclic amines) is 1. The number of nitrogens with zero attached hydrogens (tertiary/aromatic N) is 6. The number of aliphatic hydroxyl groups is 1. The van der Waals surface area contributed by atoms with E-state index in [0.717, 1.165) is 47.5 Å². The third kappa shape index (κ3) is 7.79. The fraction of sp³-hybridized carbons (Fsp3) is 0.500. The lowest BCUT2D eigenvalue weighted by Crippen LogP contribution is -2.70. The Kier molecular flexibility index (Phi) is 10.6. The number of halogens is 5. The van der Waals surface area contributed by atoms with Crippen molar-refractivity contribution in [3.05, 3.63) is 81.0 Å². The van der Waals surface area contributed by atoms with E-state index in [-0.39, 0.29) is 55.9 Å². The molecule has 3 saturated heterocycles. The quantitative estimate of drug-likeness (QED) is 0.111. The number of hydrogen-bond donors (Lipinski definition) is 3. The summed E-state index contributed by atoms with van der Waals surface area (Å²) in [5.41, 5.74) is -1.72. The summed E-state index contributed by atoms with van der Waals surface area (Å²) in [6, 6.07) is 10.9. The molecule has 1 atom stereocenters. The van der Waals surface area contributed by atoms with E-state index in [9.17, 15) is 37.5 Å². The minimum atomic E-state index is -4.72. The largest absolute Gasteiger partial charge is 0.433 e. The molecule has 9 rings (SSSR count). The molecular formula is C44H47F5N8O5S. The van der Waals surface area contributed by atoms with E-state index in [4.69, 9.17) is 4.98 Å². The minimum absolute atomic E-state index is 0.115. The van der Waals surface area contributed by atoms with Crippen LogP contribution in [0.5, 0.6) is 0 Å². The zero-order chi connectivity index (χ0) is 44.8. The van der Waals surface area contributed by atoms with Crippen molar-refractivity contribution in [3.63, 3.8) is 0 Å². The van der Waals surface area contributed by atoms with E-state index in [2.05, 4.69) is 15.6 Å². The molecule has 3 aliphatic heterocycles. The maximum atomic E-state index is 16.2. The highest BCUT2D eigenvalue weighted by Gasteiger charge is 2.62. The van der Waals surface area contributed by atoms with Gasteiger partial charge in [-0.3, -0.25) is 33.7 Å². The van der Waals surface area contributed by atoms with Crippen molar-refractivity contribution in [2.45, 2.75) is 88.5 Å². The van der Waals surface area contributed by atoms with Crippen molar-refractivity contribution in [2.24, 2.45) is 18.4 Å². The molecule has 3 aromatic heterocycles. The summed E-state index contributed by atoms with van der Waals surface area (Å²) in [5, 5.41) is 16.8. The molecule has 1 spiro atoms. The van der Waals surface area contributed by atoms with Crippen LogP contribution in [0.4, 0.5) is 33.3 Å². The number of imide groups is 1. The molecule has 6 heterocycles. The molecule has 4 fully saturated rings. The predicted molar refractivity (Wildman–Crippen MR) is 226 cm³/mol. The first-order valence-corrected chi connectivity index (χ1v) is 21.9. The van der Waals surface area contributed by atoms with Crippen LogP contribution in [-0.2, 0) is 28.4 Å². The molecule has 1 unspecified atom stereocenters. The zero-order valence-corrected chi connectivity index (χ0v) is 35.7. The Morgan fingerprint density at radius 3 is 2.40 bits per heavy atom. The standard InChI is InChI=1S/C44H47F5N8O5S/c1-41(2,62)26-18-29-33(19-28(26)51-37(59)27-6-4-9-34(50-27)44(47,48)49)63-39(52-29)25-12-10-24(11-13-25)20-55-17-16-42(43(45,46)23-55)21-56(22-42)30-7-5-8-31-36(30)54(3)40(61)57(31)32-14-15-35(58)53-38(32)60/h4-9,18-19,24-25,32,62H,10-17,20-23H2,1-3H3,(H,51,59)(H,53,58,60). The second-order valence-electron chi connectivity index (χ2n) is 18.2. The highest BCUT2D eigenvalue weighted by molar-refractivity contribution is 7.18. The van der Waals surface area contributed by atoms with Crippen molar-refractivity contribution in [1.29, 1.82) is 0 Å². The van der Waals surface area contributed by atoms with Crippen LogP contribution in [0.25, 0.3) is 21.3 Å². The third-order valence-electron chi connectivity index (χ3n) is 13.5. The first-order chi connectivity index (χ1) is 29.7. The molecule has 1 saturated carbocycles. The van der Waals surface area contributed by atoms with Gasteiger partial charge in [0.2, 0.25) is 11.8 Å². The first-order valence-electron chi connectivity index (χ1n) is 21.1. The predicted octanol–water partition coefficient (Wildman–Crippen LogP) is 6.94. The maximum Gasteiger partial charge on any atom is 0.433 e. The number of rotatable bonds is 8. The van der Waals surface area contributed by atoms with Gasteiger partial charge in [0.05, 0.1) is 49.5 Å². The number of para-hydroxylation sites is 1. The molecule has 19 heteroatoms. The topological polar surface area (TPSA) is 155 Å². The molecule has 13 nitrogen and oxygen atoms in total. The molecule has 1 aliphatic carbocycles. The fourth-order valence-corrected chi connectivity index (χ4v) is 11.2. The van der Waals surface area contributed by atoms with E-state index < -0.39 is 58.0 Å². The summed E-state index contributed by atoms with van der Waals surface area (Å²) in [6.45, 7) is 4.13. The number of thiazole rings is 1. The number of amides is 3. The van der Waals surface area contributed by atoms with Crippen LogP contribution in [0.2, 0.25) is 0 Å². The average molecular weight is 895 g/mol. The first kappa shape index (κ1) is 43.0. The summed E-state index contributed by atoms with van der Waals surface area (Å²) in [4.78, 5) is 63.2. The lowest BCUT2D eigenvalue weighted by Gasteiger charge is -2.58. The van der Waals surface area contributed by atoms with Gasteiger partial charge in [-0.1, -0.05) is 12.1 Å². The van der Waals surface area contributed by atoms with Gasteiger partial charge >= 0.3 is 11.9 Å². The molecule has 0 bridgehead atoms. The number of hydrogen-bond acceptors (Lipinski definition) is 10. The summed E-state index contributed by atoms with van der Waals surface area (Å²) in [5.74, 6) is -4.35. The van der Waals surface area contributed by atoms with Crippen molar-refractivity contribution in [2.75, 3.05) is 42.9 Å². The third-order valence-corrected chi connectivity index (χ3v) is 14.7. The normalized spacial score (nSPS) is 23.0. The summed E-state index contributed by atoms with van der Waals surface area (Å²) in [6.07, 6.45) is -0.777. The van der Waals surface area contributed by atoms with E-state index in [0.29, 0.717) is 47.3 Å². The number of pyridine rings is 1. The summed E-state index contributed by atoms with van der Waals surface area (Å²) < 4.78 is 75.9. The molecule has 4 aliphatic rings. The van der Waals surface area contributed by atoms with Crippen molar-refractivity contribution in [1.82, 2.24) is 29.3 Å². The molecule has 3 N–H and O–H groups in total. The molecule has 3 amide bonds. The number of carbonyl (C=O) groups excluding carboxylic acids is 3. The smallest absolute Gasteiger partial charge is 0.386 e. The Bertz CT molecular complexity index is 2710. The Hall–Kier alpha value is -5.27. The Morgan fingerprint density at radius 1 is 0.984 bits per heavy atom. The van der Waals surface area contributed by atoms with Gasteiger partial charge in [0.25, 0.3) is 11.8 Å². The van der Waals surface area contributed by atoms with E-state index in [1.54, 1.807) is 45.2 Å². The molecule has 0 radical (unpaired) electrons. The molecule has 334 valence electrons. The number of piperidine rings is 2. The zero-order valence-electron chi connectivity index (χ0n) is 34.9. The van der Waals surface area contributed by atoms with Crippen LogP contribution in [0, 0.1) is 11.3 Å². The lowest BCUT2D eigenvalue weighted by molar-refractivity contribution is -0.181. The van der Waals surface area contributed by atoms with Gasteiger partial charge in [-0.05, 0) is 101 Å². The van der Waals surface area contributed by atoms with Crippen LogP contribution in [0.3, 0.4) is 0 Å². The summed E-state index contributed by atoms with van der Waals surface area (Å²) >= 11 is 1.45.